The first-order valence-corrected chi connectivity index (χ1v) is 10.2. The molecule has 26 heavy (non-hydrogen) atoms. The second-order valence-electron chi connectivity index (χ2n) is 5.28. The SMILES string of the molecule is CCCn1ccnc1SCc1c(C(=O)OCC)sc(N)c1C(=O)OCC. The van der Waals surface area contributed by atoms with Crippen molar-refractivity contribution in [3.05, 3.63) is 28.4 Å². The molecule has 2 rings (SSSR count). The maximum atomic E-state index is 12.3. The number of carbonyl (C=O) groups is 2. The molecular weight excluding hydrogens is 374 g/mol. The van der Waals surface area contributed by atoms with Gasteiger partial charge in [-0.1, -0.05) is 18.7 Å². The van der Waals surface area contributed by atoms with Crippen LogP contribution in [0.15, 0.2) is 17.6 Å². The fraction of sp³-hybridized carbons (Fsp3) is 0.471. The van der Waals surface area contributed by atoms with E-state index in [0.717, 1.165) is 29.5 Å². The van der Waals surface area contributed by atoms with Crippen LogP contribution in [0.4, 0.5) is 5.00 Å². The van der Waals surface area contributed by atoms with E-state index >= 15 is 0 Å². The van der Waals surface area contributed by atoms with Gasteiger partial charge in [0.05, 0.1) is 18.8 Å². The van der Waals surface area contributed by atoms with Gasteiger partial charge in [-0.05, 0) is 20.3 Å². The number of nitrogen functional groups attached to an aromatic ring is 1. The van der Waals surface area contributed by atoms with Gasteiger partial charge in [0.1, 0.15) is 9.88 Å². The zero-order valence-electron chi connectivity index (χ0n) is 15.1. The van der Waals surface area contributed by atoms with Crippen LogP contribution in [0.1, 0.15) is 52.8 Å². The number of aromatic nitrogens is 2. The number of aryl methyl sites for hydroxylation is 1. The molecule has 2 N–H and O–H groups in total. The highest BCUT2D eigenvalue weighted by molar-refractivity contribution is 7.98. The Balaban J connectivity index is 2.34. The van der Waals surface area contributed by atoms with Crippen molar-refractivity contribution in [2.75, 3.05) is 18.9 Å². The third-order valence-electron chi connectivity index (χ3n) is 3.46. The molecule has 0 saturated carbocycles. The summed E-state index contributed by atoms with van der Waals surface area (Å²) >= 11 is 2.50. The fourth-order valence-corrected chi connectivity index (χ4v) is 4.47. The highest BCUT2D eigenvalue weighted by Crippen LogP contribution is 2.36. The highest BCUT2D eigenvalue weighted by Gasteiger charge is 2.28. The van der Waals surface area contributed by atoms with E-state index in [9.17, 15) is 9.59 Å². The molecule has 0 aliphatic rings. The molecule has 0 saturated heterocycles. The summed E-state index contributed by atoms with van der Waals surface area (Å²) in [5.74, 6) is -0.631. The van der Waals surface area contributed by atoms with Crippen molar-refractivity contribution < 1.29 is 19.1 Å². The topological polar surface area (TPSA) is 96.4 Å². The Morgan fingerprint density at radius 1 is 1.23 bits per heavy atom. The number of thioether (sulfide) groups is 1. The summed E-state index contributed by atoms with van der Waals surface area (Å²) in [7, 11) is 0. The van der Waals surface area contributed by atoms with Crippen LogP contribution in [-0.4, -0.2) is 34.7 Å². The summed E-state index contributed by atoms with van der Waals surface area (Å²) in [5, 5.41) is 1.08. The summed E-state index contributed by atoms with van der Waals surface area (Å²) in [6.45, 7) is 6.88. The fourth-order valence-electron chi connectivity index (χ4n) is 2.39. The smallest absolute Gasteiger partial charge is 0.348 e. The van der Waals surface area contributed by atoms with Crippen LogP contribution in [0.5, 0.6) is 0 Å². The number of anilines is 1. The molecule has 2 heterocycles. The standard InChI is InChI=1S/C17H23N3O4S2/c1-4-8-20-9-7-19-17(20)25-10-11-12(15(21)23-5-2)14(18)26-13(11)16(22)24-6-3/h7,9H,4-6,8,10,18H2,1-3H3. The summed E-state index contributed by atoms with van der Waals surface area (Å²) < 4.78 is 12.3. The minimum Gasteiger partial charge on any atom is -0.462 e. The minimum atomic E-state index is -0.524. The zero-order chi connectivity index (χ0) is 19.1. The van der Waals surface area contributed by atoms with Gasteiger partial charge in [0, 0.05) is 30.3 Å². The van der Waals surface area contributed by atoms with Crippen molar-refractivity contribution in [3.63, 3.8) is 0 Å². The molecule has 9 heteroatoms. The van der Waals surface area contributed by atoms with Gasteiger partial charge in [0.25, 0.3) is 0 Å². The molecule has 0 atom stereocenters. The van der Waals surface area contributed by atoms with Gasteiger partial charge in [0.15, 0.2) is 5.16 Å². The number of hydrogen-bond acceptors (Lipinski definition) is 8. The van der Waals surface area contributed by atoms with Gasteiger partial charge in [-0.2, -0.15) is 0 Å². The highest BCUT2D eigenvalue weighted by atomic mass is 32.2. The number of hydrogen-bond donors (Lipinski definition) is 1. The van der Waals surface area contributed by atoms with Crippen LogP contribution in [0.25, 0.3) is 0 Å². The van der Waals surface area contributed by atoms with Crippen molar-refractivity contribution >= 4 is 40.0 Å². The molecule has 2 aromatic rings. The van der Waals surface area contributed by atoms with Crippen LogP contribution in [0.3, 0.4) is 0 Å². The average molecular weight is 398 g/mol. The Morgan fingerprint density at radius 3 is 2.58 bits per heavy atom. The molecule has 7 nitrogen and oxygen atoms in total. The normalized spacial score (nSPS) is 10.7. The monoisotopic (exact) mass is 397 g/mol. The molecule has 0 bridgehead atoms. The van der Waals surface area contributed by atoms with E-state index in [-0.39, 0.29) is 23.8 Å². The number of esters is 2. The third kappa shape index (κ3) is 4.59. The number of ether oxygens (including phenoxy) is 2. The number of carbonyl (C=O) groups excluding carboxylic acids is 2. The molecule has 0 aliphatic heterocycles. The lowest BCUT2D eigenvalue weighted by Gasteiger charge is -2.09. The largest absolute Gasteiger partial charge is 0.462 e. The molecule has 142 valence electrons. The first kappa shape index (κ1) is 20.3. The first-order valence-electron chi connectivity index (χ1n) is 8.42. The molecule has 0 radical (unpaired) electrons. The van der Waals surface area contributed by atoms with Crippen LogP contribution < -0.4 is 5.73 Å². The second-order valence-corrected chi connectivity index (χ2v) is 7.28. The van der Waals surface area contributed by atoms with Crippen LogP contribution >= 0.6 is 23.1 Å². The molecule has 0 fully saturated rings. The lowest BCUT2D eigenvalue weighted by Crippen LogP contribution is -2.11. The maximum Gasteiger partial charge on any atom is 0.348 e. The first-order chi connectivity index (χ1) is 12.5. The number of thiophene rings is 1. The van der Waals surface area contributed by atoms with Gasteiger partial charge in [-0.3, -0.25) is 0 Å². The predicted octanol–water partition coefficient (Wildman–Crippen LogP) is 3.58. The van der Waals surface area contributed by atoms with Gasteiger partial charge in [-0.15, -0.1) is 11.3 Å². The average Bonchev–Trinajstić information content (AvgIpc) is 3.17. The molecule has 0 unspecified atom stereocenters. The van der Waals surface area contributed by atoms with Gasteiger partial charge >= 0.3 is 11.9 Å². The van der Waals surface area contributed by atoms with E-state index in [4.69, 9.17) is 15.2 Å². The minimum absolute atomic E-state index is 0.232. The van der Waals surface area contributed by atoms with E-state index in [1.54, 1.807) is 20.0 Å². The number of nitrogens with two attached hydrogens (primary N) is 1. The second kappa shape index (κ2) is 9.63. The van der Waals surface area contributed by atoms with Crippen LogP contribution in [-0.2, 0) is 21.8 Å². The molecular formula is C17H23N3O4S2. The van der Waals surface area contributed by atoms with Crippen molar-refractivity contribution in [2.24, 2.45) is 0 Å². The summed E-state index contributed by atoms with van der Waals surface area (Å²) in [6, 6.07) is 0. The molecule has 0 aromatic carbocycles. The molecule has 2 aromatic heterocycles. The zero-order valence-corrected chi connectivity index (χ0v) is 16.7. The lowest BCUT2D eigenvalue weighted by molar-refractivity contribution is 0.0527. The van der Waals surface area contributed by atoms with E-state index in [1.807, 2.05) is 10.8 Å². The Morgan fingerprint density at radius 2 is 1.92 bits per heavy atom. The van der Waals surface area contributed by atoms with E-state index in [0.29, 0.717) is 16.2 Å². The predicted molar refractivity (Wildman–Crippen MR) is 103 cm³/mol. The quantitative estimate of drug-likeness (QED) is 0.510. The van der Waals surface area contributed by atoms with Gasteiger partial charge < -0.3 is 19.8 Å². The van der Waals surface area contributed by atoms with E-state index in [2.05, 4.69) is 11.9 Å². The van der Waals surface area contributed by atoms with Crippen LogP contribution in [0, 0.1) is 0 Å². The molecule has 0 spiro atoms. The van der Waals surface area contributed by atoms with Crippen molar-refractivity contribution in [3.8, 4) is 0 Å². The summed E-state index contributed by atoms with van der Waals surface area (Å²) in [5.41, 5.74) is 6.81. The third-order valence-corrected chi connectivity index (χ3v) is 5.53. The molecule has 0 amide bonds. The van der Waals surface area contributed by atoms with Crippen molar-refractivity contribution in [2.45, 2.75) is 44.6 Å². The Labute approximate surface area is 160 Å². The lowest BCUT2D eigenvalue weighted by atomic mass is 10.1. The van der Waals surface area contributed by atoms with E-state index in [1.165, 1.54) is 11.8 Å². The number of imidazole rings is 1. The van der Waals surface area contributed by atoms with E-state index < -0.39 is 11.9 Å². The van der Waals surface area contributed by atoms with Crippen molar-refractivity contribution in [1.82, 2.24) is 9.55 Å². The Bertz CT molecular complexity index is 770. The molecule has 0 aliphatic carbocycles. The van der Waals surface area contributed by atoms with Crippen molar-refractivity contribution in [1.29, 1.82) is 0 Å². The summed E-state index contributed by atoms with van der Waals surface area (Å²) in [6.07, 6.45) is 4.63. The maximum absolute atomic E-state index is 12.3. The number of nitrogens with zero attached hydrogens (tertiary/aromatic N) is 2. The summed E-state index contributed by atoms with van der Waals surface area (Å²) in [4.78, 5) is 29.3. The Hall–Kier alpha value is -2.00. The number of rotatable bonds is 9. The van der Waals surface area contributed by atoms with Crippen LogP contribution in [0.2, 0.25) is 0 Å². The van der Waals surface area contributed by atoms with Gasteiger partial charge in [0.2, 0.25) is 0 Å². The Kier molecular flexibility index (Phi) is 7.52. The van der Waals surface area contributed by atoms with Gasteiger partial charge in [-0.25, -0.2) is 14.6 Å².